The molecule has 2 heterocycles. The van der Waals surface area contributed by atoms with Gasteiger partial charge in [0.25, 0.3) is 5.91 Å². The highest BCUT2D eigenvalue weighted by atomic mass is 16.2. The number of benzene rings is 1. The van der Waals surface area contributed by atoms with E-state index in [9.17, 15) is 9.59 Å². The van der Waals surface area contributed by atoms with E-state index in [1.54, 1.807) is 0 Å². The minimum absolute atomic E-state index is 0.00758. The summed E-state index contributed by atoms with van der Waals surface area (Å²) < 4.78 is 0. The molecule has 0 spiro atoms. The number of piperazine rings is 1. The van der Waals surface area contributed by atoms with Crippen LogP contribution in [0.1, 0.15) is 10.4 Å². The number of amides is 3. The molecule has 2 fully saturated rings. The van der Waals surface area contributed by atoms with Crippen LogP contribution >= 0.6 is 0 Å². The standard InChI is InChI=1S/C13H15N3O2/c17-12(10-4-2-1-3-5-10)15-6-7-16-11(9-15)8-14-13(16)18/h1-5,11H,6-9H2,(H,14,18). The Balaban J connectivity index is 1.72. The first kappa shape index (κ1) is 11.1. The summed E-state index contributed by atoms with van der Waals surface area (Å²) in [5.74, 6) is 0.0506. The van der Waals surface area contributed by atoms with Crippen molar-refractivity contribution in [2.24, 2.45) is 0 Å². The number of carbonyl (C=O) groups excluding carboxylic acids is 2. The van der Waals surface area contributed by atoms with E-state index in [2.05, 4.69) is 5.32 Å². The van der Waals surface area contributed by atoms with Crippen molar-refractivity contribution in [1.29, 1.82) is 0 Å². The molecule has 1 aromatic carbocycles. The molecule has 18 heavy (non-hydrogen) atoms. The Morgan fingerprint density at radius 1 is 1.22 bits per heavy atom. The number of hydrogen-bond acceptors (Lipinski definition) is 2. The predicted octanol–water partition coefficient (Wildman–Crippen LogP) is 0.536. The molecule has 2 saturated heterocycles. The summed E-state index contributed by atoms with van der Waals surface area (Å²) in [5, 5.41) is 2.81. The van der Waals surface area contributed by atoms with E-state index < -0.39 is 0 Å². The van der Waals surface area contributed by atoms with Gasteiger partial charge in [0.05, 0.1) is 6.04 Å². The van der Waals surface area contributed by atoms with E-state index in [4.69, 9.17) is 0 Å². The molecule has 0 aliphatic carbocycles. The van der Waals surface area contributed by atoms with E-state index in [1.165, 1.54) is 0 Å². The largest absolute Gasteiger partial charge is 0.336 e. The summed E-state index contributed by atoms with van der Waals surface area (Å²) in [6, 6.07) is 9.40. The fraction of sp³-hybridized carbons (Fsp3) is 0.385. The highest BCUT2D eigenvalue weighted by Crippen LogP contribution is 2.16. The third-order valence-corrected chi connectivity index (χ3v) is 3.54. The summed E-state index contributed by atoms with van der Waals surface area (Å²) in [5.41, 5.74) is 0.711. The molecule has 0 bridgehead atoms. The minimum atomic E-state index is -0.00758. The van der Waals surface area contributed by atoms with Gasteiger partial charge in [-0.15, -0.1) is 0 Å². The van der Waals surface area contributed by atoms with Crippen molar-refractivity contribution in [3.05, 3.63) is 35.9 Å². The first-order valence-corrected chi connectivity index (χ1v) is 6.14. The molecular formula is C13H15N3O2. The second kappa shape index (κ2) is 4.33. The molecule has 0 radical (unpaired) electrons. The molecule has 5 heteroatoms. The van der Waals surface area contributed by atoms with Crippen molar-refractivity contribution in [2.45, 2.75) is 6.04 Å². The van der Waals surface area contributed by atoms with Gasteiger partial charge in [-0.3, -0.25) is 4.79 Å². The fourth-order valence-corrected chi connectivity index (χ4v) is 2.55. The van der Waals surface area contributed by atoms with Crippen LogP contribution in [-0.2, 0) is 0 Å². The lowest BCUT2D eigenvalue weighted by Crippen LogP contribution is -2.53. The molecule has 0 aromatic heterocycles. The number of carbonyl (C=O) groups is 2. The number of nitrogens with zero attached hydrogens (tertiary/aromatic N) is 2. The molecule has 3 amide bonds. The van der Waals surface area contributed by atoms with Gasteiger partial charge in [0, 0.05) is 31.7 Å². The molecular weight excluding hydrogens is 230 g/mol. The number of nitrogens with one attached hydrogen (secondary N) is 1. The van der Waals surface area contributed by atoms with Crippen LogP contribution in [0.2, 0.25) is 0 Å². The van der Waals surface area contributed by atoms with Gasteiger partial charge in [-0.2, -0.15) is 0 Å². The van der Waals surface area contributed by atoms with Gasteiger partial charge in [0.15, 0.2) is 0 Å². The molecule has 0 saturated carbocycles. The quantitative estimate of drug-likeness (QED) is 0.785. The lowest BCUT2D eigenvalue weighted by molar-refractivity contribution is 0.0617. The van der Waals surface area contributed by atoms with Crippen LogP contribution in [0.25, 0.3) is 0 Å². The zero-order chi connectivity index (χ0) is 12.5. The average molecular weight is 245 g/mol. The summed E-state index contributed by atoms with van der Waals surface area (Å²) in [7, 11) is 0. The number of rotatable bonds is 1. The van der Waals surface area contributed by atoms with Crippen LogP contribution in [0.3, 0.4) is 0 Å². The molecule has 3 rings (SSSR count). The molecule has 5 nitrogen and oxygen atoms in total. The molecule has 1 unspecified atom stereocenters. The summed E-state index contributed by atoms with van der Waals surface area (Å²) in [6.07, 6.45) is 0. The van der Waals surface area contributed by atoms with Crippen molar-refractivity contribution in [3.63, 3.8) is 0 Å². The van der Waals surface area contributed by atoms with Crippen LogP contribution in [0, 0.1) is 0 Å². The fourth-order valence-electron chi connectivity index (χ4n) is 2.55. The Labute approximate surface area is 105 Å². The van der Waals surface area contributed by atoms with Crippen molar-refractivity contribution >= 4 is 11.9 Å². The lowest BCUT2D eigenvalue weighted by atomic mass is 10.1. The third-order valence-electron chi connectivity index (χ3n) is 3.54. The van der Waals surface area contributed by atoms with Gasteiger partial charge in [0.1, 0.15) is 0 Å². The normalized spacial score (nSPS) is 22.7. The maximum atomic E-state index is 12.3. The summed E-state index contributed by atoms with van der Waals surface area (Å²) in [6.45, 7) is 2.48. The van der Waals surface area contributed by atoms with E-state index in [0.717, 1.165) is 0 Å². The van der Waals surface area contributed by atoms with Crippen molar-refractivity contribution in [3.8, 4) is 0 Å². The number of urea groups is 1. The van der Waals surface area contributed by atoms with Gasteiger partial charge < -0.3 is 15.1 Å². The zero-order valence-electron chi connectivity index (χ0n) is 10.0. The lowest BCUT2D eigenvalue weighted by Gasteiger charge is -2.36. The molecule has 1 aromatic rings. The van der Waals surface area contributed by atoms with E-state index in [-0.39, 0.29) is 18.0 Å². The van der Waals surface area contributed by atoms with Crippen molar-refractivity contribution in [2.75, 3.05) is 26.2 Å². The van der Waals surface area contributed by atoms with Gasteiger partial charge in [-0.25, -0.2) is 4.79 Å². The highest BCUT2D eigenvalue weighted by molar-refractivity contribution is 5.94. The highest BCUT2D eigenvalue weighted by Gasteiger charge is 2.36. The summed E-state index contributed by atoms with van der Waals surface area (Å²) >= 11 is 0. The Bertz CT molecular complexity index is 474. The molecule has 94 valence electrons. The summed E-state index contributed by atoms with van der Waals surface area (Å²) in [4.78, 5) is 27.4. The van der Waals surface area contributed by atoms with Crippen LogP contribution < -0.4 is 5.32 Å². The van der Waals surface area contributed by atoms with Crippen LogP contribution in [0.5, 0.6) is 0 Å². The van der Waals surface area contributed by atoms with Crippen LogP contribution in [0.15, 0.2) is 30.3 Å². The Morgan fingerprint density at radius 3 is 2.78 bits per heavy atom. The van der Waals surface area contributed by atoms with Crippen molar-refractivity contribution in [1.82, 2.24) is 15.1 Å². The number of fused-ring (bicyclic) bond motifs is 1. The first-order chi connectivity index (χ1) is 8.75. The maximum absolute atomic E-state index is 12.3. The second-order valence-electron chi connectivity index (χ2n) is 4.65. The zero-order valence-corrected chi connectivity index (χ0v) is 10.0. The van der Waals surface area contributed by atoms with Gasteiger partial charge in [-0.05, 0) is 12.1 Å². The monoisotopic (exact) mass is 245 g/mol. The Kier molecular flexibility index (Phi) is 2.66. The first-order valence-electron chi connectivity index (χ1n) is 6.14. The molecule has 2 aliphatic rings. The smallest absolute Gasteiger partial charge is 0.317 e. The molecule has 2 aliphatic heterocycles. The Morgan fingerprint density at radius 2 is 2.00 bits per heavy atom. The van der Waals surface area contributed by atoms with Gasteiger partial charge in [-0.1, -0.05) is 18.2 Å². The molecule has 1 N–H and O–H groups in total. The van der Waals surface area contributed by atoms with E-state index in [0.29, 0.717) is 31.7 Å². The second-order valence-corrected chi connectivity index (χ2v) is 4.65. The minimum Gasteiger partial charge on any atom is -0.336 e. The van der Waals surface area contributed by atoms with E-state index >= 15 is 0 Å². The van der Waals surface area contributed by atoms with Crippen LogP contribution in [0.4, 0.5) is 4.79 Å². The average Bonchev–Trinajstić information content (AvgIpc) is 2.80. The van der Waals surface area contributed by atoms with Gasteiger partial charge >= 0.3 is 6.03 Å². The predicted molar refractivity (Wildman–Crippen MR) is 66.2 cm³/mol. The van der Waals surface area contributed by atoms with Gasteiger partial charge in [0.2, 0.25) is 0 Å². The Hall–Kier alpha value is -2.04. The van der Waals surface area contributed by atoms with E-state index in [1.807, 2.05) is 40.1 Å². The maximum Gasteiger partial charge on any atom is 0.317 e. The topological polar surface area (TPSA) is 52.7 Å². The molecule has 1 atom stereocenters. The van der Waals surface area contributed by atoms with Crippen molar-refractivity contribution < 1.29 is 9.59 Å². The number of hydrogen-bond donors (Lipinski definition) is 1. The third kappa shape index (κ3) is 1.81. The van der Waals surface area contributed by atoms with Crippen LogP contribution in [-0.4, -0.2) is 54.0 Å². The SMILES string of the molecule is O=C(c1ccccc1)N1CCN2C(=O)NCC2C1.